The Morgan fingerprint density at radius 2 is 1.84 bits per heavy atom. The second kappa shape index (κ2) is 8.26. The maximum absolute atomic E-state index is 2.79. The van der Waals surface area contributed by atoms with Crippen LogP contribution in [0.25, 0.3) is 0 Å². The SMILES string of the molecule is CCCCCCC(C)N1CCCN2CCCCC2C1. The summed E-state index contributed by atoms with van der Waals surface area (Å²) < 4.78 is 0. The summed E-state index contributed by atoms with van der Waals surface area (Å²) in [6.45, 7) is 10.2. The van der Waals surface area contributed by atoms with E-state index in [2.05, 4.69) is 23.6 Å². The van der Waals surface area contributed by atoms with Crippen LogP contribution < -0.4 is 0 Å². The zero-order valence-electron chi connectivity index (χ0n) is 13.2. The summed E-state index contributed by atoms with van der Waals surface area (Å²) in [5, 5.41) is 0. The molecule has 2 aliphatic heterocycles. The Hall–Kier alpha value is -0.0800. The monoisotopic (exact) mass is 266 g/mol. The predicted molar refractivity (Wildman–Crippen MR) is 83.6 cm³/mol. The van der Waals surface area contributed by atoms with Gasteiger partial charge in [-0.1, -0.05) is 39.0 Å². The highest BCUT2D eigenvalue weighted by Crippen LogP contribution is 2.23. The summed E-state index contributed by atoms with van der Waals surface area (Å²) in [5.74, 6) is 0. The van der Waals surface area contributed by atoms with Gasteiger partial charge in [0.25, 0.3) is 0 Å². The highest BCUT2D eigenvalue weighted by molar-refractivity contribution is 4.84. The molecule has 0 spiro atoms. The van der Waals surface area contributed by atoms with Gasteiger partial charge >= 0.3 is 0 Å². The molecule has 2 rings (SSSR count). The van der Waals surface area contributed by atoms with Crippen molar-refractivity contribution in [3.8, 4) is 0 Å². The summed E-state index contributed by atoms with van der Waals surface area (Å²) >= 11 is 0. The molecule has 2 unspecified atom stereocenters. The Labute approximate surface area is 120 Å². The lowest BCUT2D eigenvalue weighted by Gasteiger charge is -2.37. The quantitative estimate of drug-likeness (QED) is 0.673. The van der Waals surface area contributed by atoms with Gasteiger partial charge in [-0.2, -0.15) is 0 Å². The molecule has 2 heterocycles. The van der Waals surface area contributed by atoms with E-state index in [0.29, 0.717) is 0 Å². The molecule has 0 amide bonds. The molecule has 2 fully saturated rings. The van der Waals surface area contributed by atoms with Crippen molar-refractivity contribution in [2.75, 3.05) is 26.2 Å². The number of hydrogen-bond acceptors (Lipinski definition) is 2. The van der Waals surface area contributed by atoms with Gasteiger partial charge < -0.3 is 0 Å². The van der Waals surface area contributed by atoms with Gasteiger partial charge in [-0.05, 0) is 52.2 Å². The average Bonchev–Trinajstić information content (AvgIpc) is 2.65. The first-order chi connectivity index (χ1) is 9.31. The van der Waals surface area contributed by atoms with Gasteiger partial charge in [-0.15, -0.1) is 0 Å². The maximum Gasteiger partial charge on any atom is 0.0223 e. The highest BCUT2D eigenvalue weighted by atomic mass is 15.3. The fourth-order valence-corrected chi connectivity index (χ4v) is 3.85. The van der Waals surface area contributed by atoms with E-state index in [4.69, 9.17) is 0 Å². The van der Waals surface area contributed by atoms with Gasteiger partial charge in [0.2, 0.25) is 0 Å². The van der Waals surface area contributed by atoms with Crippen LogP contribution in [0.15, 0.2) is 0 Å². The van der Waals surface area contributed by atoms with Crippen LogP contribution in [0.5, 0.6) is 0 Å². The molecule has 0 aromatic heterocycles. The number of hydrogen-bond donors (Lipinski definition) is 0. The van der Waals surface area contributed by atoms with Gasteiger partial charge in [0.05, 0.1) is 0 Å². The Balaban J connectivity index is 1.75. The molecule has 0 bridgehead atoms. The zero-order valence-corrected chi connectivity index (χ0v) is 13.2. The van der Waals surface area contributed by atoms with Crippen molar-refractivity contribution in [1.82, 2.24) is 9.80 Å². The Bertz CT molecular complexity index is 241. The van der Waals surface area contributed by atoms with Crippen molar-refractivity contribution < 1.29 is 0 Å². The molecule has 2 saturated heterocycles. The van der Waals surface area contributed by atoms with Crippen LogP contribution in [0.4, 0.5) is 0 Å². The van der Waals surface area contributed by atoms with Crippen LogP contribution in [0.1, 0.15) is 71.6 Å². The largest absolute Gasteiger partial charge is 0.299 e. The summed E-state index contributed by atoms with van der Waals surface area (Å²) in [5.41, 5.74) is 0. The lowest BCUT2D eigenvalue weighted by molar-refractivity contribution is 0.120. The predicted octanol–water partition coefficient (Wildman–Crippen LogP) is 3.91. The first-order valence-corrected chi connectivity index (χ1v) is 8.79. The molecule has 0 aliphatic carbocycles. The van der Waals surface area contributed by atoms with Crippen molar-refractivity contribution in [2.45, 2.75) is 83.7 Å². The average molecular weight is 266 g/mol. The van der Waals surface area contributed by atoms with E-state index in [0.717, 1.165) is 12.1 Å². The molecule has 112 valence electrons. The first kappa shape index (κ1) is 15.3. The second-order valence-electron chi connectivity index (χ2n) is 6.73. The van der Waals surface area contributed by atoms with E-state index in [-0.39, 0.29) is 0 Å². The molecular formula is C17H34N2. The number of piperidine rings is 1. The van der Waals surface area contributed by atoms with E-state index in [1.54, 1.807) is 0 Å². The van der Waals surface area contributed by atoms with Crippen molar-refractivity contribution >= 4 is 0 Å². The van der Waals surface area contributed by atoms with E-state index in [9.17, 15) is 0 Å². The van der Waals surface area contributed by atoms with Crippen LogP contribution in [0, 0.1) is 0 Å². The molecule has 2 heteroatoms. The van der Waals surface area contributed by atoms with Crippen LogP contribution in [0.2, 0.25) is 0 Å². The Morgan fingerprint density at radius 1 is 1.00 bits per heavy atom. The topological polar surface area (TPSA) is 6.48 Å². The third-order valence-corrected chi connectivity index (χ3v) is 5.18. The summed E-state index contributed by atoms with van der Waals surface area (Å²) in [4.78, 5) is 5.56. The number of fused-ring (bicyclic) bond motifs is 1. The molecule has 0 aromatic carbocycles. The molecule has 2 aliphatic rings. The summed E-state index contributed by atoms with van der Waals surface area (Å²) in [6, 6.07) is 1.67. The van der Waals surface area contributed by atoms with Crippen molar-refractivity contribution in [1.29, 1.82) is 0 Å². The lowest BCUT2D eigenvalue weighted by atomic mass is 10.0. The van der Waals surface area contributed by atoms with Crippen molar-refractivity contribution in [2.24, 2.45) is 0 Å². The molecular weight excluding hydrogens is 232 g/mol. The van der Waals surface area contributed by atoms with Gasteiger partial charge in [0.1, 0.15) is 0 Å². The molecule has 2 atom stereocenters. The minimum Gasteiger partial charge on any atom is -0.299 e. The third-order valence-electron chi connectivity index (χ3n) is 5.18. The van der Waals surface area contributed by atoms with Gasteiger partial charge in [-0.3, -0.25) is 9.80 Å². The fraction of sp³-hybridized carbons (Fsp3) is 1.00. The Morgan fingerprint density at radius 3 is 2.68 bits per heavy atom. The maximum atomic E-state index is 2.79. The highest BCUT2D eigenvalue weighted by Gasteiger charge is 2.28. The summed E-state index contributed by atoms with van der Waals surface area (Å²) in [6.07, 6.45) is 12.8. The van der Waals surface area contributed by atoms with Crippen LogP contribution in [-0.4, -0.2) is 48.1 Å². The van der Waals surface area contributed by atoms with Gasteiger partial charge in [0, 0.05) is 18.6 Å². The minimum absolute atomic E-state index is 0.804. The van der Waals surface area contributed by atoms with E-state index >= 15 is 0 Å². The number of nitrogens with zero attached hydrogens (tertiary/aromatic N) is 2. The number of unbranched alkanes of at least 4 members (excludes halogenated alkanes) is 3. The number of rotatable bonds is 6. The van der Waals surface area contributed by atoms with Gasteiger partial charge in [-0.25, -0.2) is 0 Å². The van der Waals surface area contributed by atoms with Crippen LogP contribution in [-0.2, 0) is 0 Å². The van der Waals surface area contributed by atoms with Crippen LogP contribution >= 0.6 is 0 Å². The summed E-state index contributed by atoms with van der Waals surface area (Å²) in [7, 11) is 0. The standard InChI is InChI=1S/C17H34N2/c1-3-4-5-6-10-16(2)19-14-9-13-18-12-8-7-11-17(18)15-19/h16-17H,3-15H2,1-2H3. The smallest absolute Gasteiger partial charge is 0.0223 e. The molecule has 19 heavy (non-hydrogen) atoms. The van der Waals surface area contributed by atoms with E-state index < -0.39 is 0 Å². The van der Waals surface area contributed by atoms with Crippen molar-refractivity contribution in [3.63, 3.8) is 0 Å². The van der Waals surface area contributed by atoms with Gasteiger partial charge in [0.15, 0.2) is 0 Å². The van der Waals surface area contributed by atoms with E-state index in [1.807, 2.05) is 0 Å². The fourth-order valence-electron chi connectivity index (χ4n) is 3.85. The van der Waals surface area contributed by atoms with E-state index in [1.165, 1.54) is 84.0 Å². The lowest BCUT2D eigenvalue weighted by Crippen LogP contribution is -2.45. The molecule has 0 saturated carbocycles. The molecule has 0 radical (unpaired) electrons. The first-order valence-electron chi connectivity index (χ1n) is 8.79. The molecule has 0 N–H and O–H groups in total. The third kappa shape index (κ3) is 4.75. The van der Waals surface area contributed by atoms with Crippen LogP contribution in [0.3, 0.4) is 0 Å². The molecule has 2 nitrogen and oxygen atoms in total. The second-order valence-corrected chi connectivity index (χ2v) is 6.73. The normalized spacial score (nSPS) is 27.8. The minimum atomic E-state index is 0.804. The molecule has 0 aromatic rings. The Kier molecular flexibility index (Phi) is 6.66. The zero-order chi connectivity index (χ0) is 13.5. The van der Waals surface area contributed by atoms with Crippen molar-refractivity contribution in [3.05, 3.63) is 0 Å².